The Morgan fingerprint density at radius 2 is 2.33 bits per heavy atom. The molecule has 1 saturated heterocycles. The molecule has 0 bridgehead atoms. The summed E-state index contributed by atoms with van der Waals surface area (Å²) in [4.78, 5) is 0. The number of hydrogen-bond acceptors (Lipinski definition) is 2. The molecule has 2 N–H and O–H groups in total. The van der Waals surface area contributed by atoms with Crippen molar-refractivity contribution in [2.24, 2.45) is 0 Å². The Balaban J connectivity index is 2.30. The molecule has 1 aliphatic rings. The van der Waals surface area contributed by atoms with Gasteiger partial charge >= 0.3 is 0 Å². The first-order valence-corrected chi connectivity index (χ1v) is 3.75. The lowest BCUT2D eigenvalue weighted by Crippen LogP contribution is -2.48. The molecule has 0 aliphatic carbocycles. The van der Waals surface area contributed by atoms with Crippen LogP contribution in [0.4, 0.5) is 0 Å². The van der Waals surface area contributed by atoms with E-state index in [2.05, 4.69) is 17.6 Å². The van der Waals surface area contributed by atoms with Gasteiger partial charge in [0.1, 0.15) is 0 Å². The van der Waals surface area contributed by atoms with Crippen LogP contribution in [-0.2, 0) is 0 Å². The van der Waals surface area contributed by atoms with E-state index in [9.17, 15) is 0 Å². The quantitative estimate of drug-likeness (QED) is 0.532. The van der Waals surface area contributed by atoms with Crippen molar-refractivity contribution < 1.29 is 0 Å². The number of hydrogen-bond donors (Lipinski definition) is 2. The van der Waals surface area contributed by atoms with E-state index >= 15 is 0 Å². The molecule has 1 heterocycles. The second-order valence-corrected chi connectivity index (χ2v) is 2.78. The Morgan fingerprint density at radius 1 is 1.56 bits per heavy atom. The topological polar surface area (TPSA) is 24.1 Å². The average Bonchev–Trinajstić information content (AvgIpc) is 1.89. The molecule has 1 fully saturated rings. The summed E-state index contributed by atoms with van der Waals surface area (Å²) in [6.45, 7) is 3.43. The van der Waals surface area contributed by atoms with Crippen LogP contribution < -0.4 is 10.6 Å². The molecule has 1 rings (SSSR count). The van der Waals surface area contributed by atoms with E-state index < -0.39 is 0 Å². The Bertz CT molecular complexity index is 83.0. The maximum absolute atomic E-state index is 3.42. The van der Waals surface area contributed by atoms with Gasteiger partial charge in [-0.2, -0.15) is 0 Å². The Kier molecular flexibility index (Phi) is 2.49. The fourth-order valence-corrected chi connectivity index (χ4v) is 1.44. The van der Waals surface area contributed by atoms with Crippen LogP contribution >= 0.6 is 0 Å². The first kappa shape index (κ1) is 7.03. The number of rotatable bonds is 1. The van der Waals surface area contributed by atoms with Gasteiger partial charge in [0.05, 0.1) is 0 Å². The first-order chi connectivity index (χ1) is 4.34. The van der Waals surface area contributed by atoms with Crippen LogP contribution in [0.2, 0.25) is 0 Å². The van der Waals surface area contributed by atoms with E-state index in [-0.39, 0.29) is 0 Å². The molecule has 0 amide bonds. The number of piperidine rings is 1. The van der Waals surface area contributed by atoms with Gasteiger partial charge in [0.2, 0.25) is 0 Å². The third-order valence-electron chi connectivity index (χ3n) is 2.13. The maximum Gasteiger partial charge on any atom is 0.0215 e. The zero-order valence-electron chi connectivity index (χ0n) is 6.28. The summed E-state index contributed by atoms with van der Waals surface area (Å²) in [6, 6.07) is 1.35. The maximum atomic E-state index is 3.42. The zero-order chi connectivity index (χ0) is 6.69. The standard InChI is InChI=1S/C7H16N2/c1-6-7(8-2)4-3-5-9-6/h6-9H,3-5H2,1-2H3. The molecule has 0 spiro atoms. The highest BCUT2D eigenvalue weighted by molar-refractivity contribution is 4.81. The van der Waals surface area contributed by atoms with Crippen molar-refractivity contribution in [2.45, 2.75) is 31.8 Å². The molecule has 0 saturated carbocycles. The minimum atomic E-state index is 0.656. The zero-order valence-corrected chi connectivity index (χ0v) is 6.28. The number of nitrogens with one attached hydrogen (secondary N) is 2. The van der Waals surface area contributed by atoms with Gasteiger partial charge in [-0.05, 0) is 33.4 Å². The smallest absolute Gasteiger partial charge is 0.0215 e. The van der Waals surface area contributed by atoms with E-state index in [1.165, 1.54) is 19.4 Å². The van der Waals surface area contributed by atoms with Gasteiger partial charge in [0, 0.05) is 12.1 Å². The Hall–Kier alpha value is -0.0800. The van der Waals surface area contributed by atoms with Crippen LogP contribution in [0.5, 0.6) is 0 Å². The normalized spacial score (nSPS) is 36.7. The Morgan fingerprint density at radius 3 is 2.78 bits per heavy atom. The van der Waals surface area contributed by atoms with Gasteiger partial charge in [0.25, 0.3) is 0 Å². The molecular formula is C7H16N2. The summed E-state index contributed by atoms with van der Waals surface area (Å²) >= 11 is 0. The lowest BCUT2D eigenvalue weighted by Gasteiger charge is -2.29. The van der Waals surface area contributed by atoms with Crippen molar-refractivity contribution >= 4 is 0 Å². The van der Waals surface area contributed by atoms with Crippen molar-refractivity contribution in [3.63, 3.8) is 0 Å². The molecule has 0 aromatic carbocycles. The summed E-state index contributed by atoms with van der Waals surface area (Å²) < 4.78 is 0. The van der Waals surface area contributed by atoms with E-state index in [0.29, 0.717) is 12.1 Å². The van der Waals surface area contributed by atoms with Gasteiger partial charge in [-0.15, -0.1) is 0 Å². The predicted molar refractivity (Wildman–Crippen MR) is 39.5 cm³/mol. The predicted octanol–water partition coefficient (Wildman–Crippen LogP) is 0.346. The largest absolute Gasteiger partial charge is 0.315 e. The summed E-state index contributed by atoms with van der Waals surface area (Å²) in [5.74, 6) is 0. The first-order valence-electron chi connectivity index (χ1n) is 3.75. The lowest BCUT2D eigenvalue weighted by molar-refractivity contribution is 0.332. The van der Waals surface area contributed by atoms with Crippen LogP contribution in [0, 0.1) is 0 Å². The Labute approximate surface area is 57.0 Å². The molecule has 2 atom stereocenters. The third-order valence-corrected chi connectivity index (χ3v) is 2.13. The highest BCUT2D eigenvalue weighted by Gasteiger charge is 2.17. The van der Waals surface area contributed by atoms with Crippen molar-refractivity contribution in [3.05, 3.63) is 0 Å². The fraction of sp³-hybridized carbons (Fsp3) is 1.00. The molecule has 2 nitrogen and oxygen atoms in total. The van der Waals surface area contributed by atoms with Gasteiger partial charge in [-0.1, -0.05) is 0 Å². The van der Waals surface area contributed by atoms with Gasteiger partial charge in [-0.3, -0.25) is 0 Å². The molecule has 2 unspecified atom stereocenters. The van der Waals surface area contributed by atoms with Crippen LogP contribution in [-0.4, -0.2) is 25.7 Å². The lowest BCUT2D eigenvalue weighted by atomic mass is 10.0. The van der Waals surface area contributed by atoms with E-state index in [1.54, 1.807) is 0 Å². The van der Waals surface area contributed by atoms with Crippen LogP contribution in [0.3, 0.4) is 0 Å². The van der Waals surface area contributed by atoms with Crippen molar-refractivity contribution in [3.8, 4) is 0 Å². The second-order valence-electron chi connectivity index (χ2n) is 2.78. The number of likely N-dealkylation sites (N-methyl/N-ethyl adjacent to an activating group) is 1. The van der Waals surface area contributed by atoms with E-state index in [4.69, 9.17) is 0 Å². The van der Waals surface area contributed by atoms with Crippen molar-refractivity contribution in [2.75, 3.05) is 13.6 Å². The van der Waals surface area contributed by atoms with Crippen molar-refractivity contribution in [1.82, 2.24) is 10.6 Å². The van der Waals surface area contributed by atoms with Gasteiger partial charge in [-0.25, -0.2) is 0 Å². The summed E-state index contributed by atoms with van der Waals surface area (Å²) in [7, 11) is 2.04. The minimum absolute atomic E-state index is 0.656. The monoisotopic (exact) mass is 128 g/mol. The molecular weight excluding hydrogens is 112 g/mol. The van der Waals surface area contributed by atoms with Crippen LogP contribution in [0.25, 0.3) is 0 Å². The minimum Gasteiger partial charge on any atom is -0.315 e. The van der Waals surface area contributed by atoms with Gasteiger partial charge < -0.3 is 10.6 Å². The highest BCUT2D eigenvalue weighted by atomic mass is 15.0. The molecule has 1 aliphatic heterocycles. The molecule has 0 aromatic heterocycles. The fourth-order valence-electron chi connectivity index (χ4n) is 1.44. The molecule has 0 radical (unpaired) electrons. The van der Waals surface area contributed by atoms with Gasteiger partial charge in [0.15, 0.2) is 0 Å². The molecule has 9 heavy (non-hydrogen) atoms. The van der Waals surface area contributed by atoms with Crippen molar-refractivity contribution in [1.29, 1.82) is 0 Å². The second kappa shape index (κ2) is 3.18. The van der Waals surface area contributed by atoms with E-state index in [1.807, 2.05) is 7.05 Å². The highest BCUT2D eigenvalue weighted by Crippen LogP contribution is 2.06. The van der Waals surface area contributed by atoms with Crippen LogP contribution in [0.15, 0.2) is 0 Å². The van der Waals surface area contributed by atoms with E-state index in [0.717, 1.165) is 0 Å². The summed E-state index contributed by atoms with van der Waals surface area (Å²) in [5.41, 5.74) is 0. The SMILES string of the molecule is CNC1CCCNC1C. The third kappa shape index (κ3) is 1.66. The average molecular weight is 128 g/mol. The van der Waals surface area contributed by atoms with Crippen LogP contribution in [0.1, 0.15) is 19.8 Å². The molecule has 2 heteroatoms. The summed E-state index contributed by atoms with van der Waals surface area (Å²) in [6.07, 6.45) is 2.64. The molecule has 0 aromatic rings. The molecule has 54 valence electrons. The summed E-state index contributed by atoms with van der Waals surface area (Å²) in [5, 5.41) is 6.71.